The van der Waals surface area contributed by atoms with E-state index in [0.717, 1.165) is 38.5 Å². The van der Waals surface area contributed by atoms with Crippen molar-refractivity contribution in [3.05, 3.63) is 36.5 Å². The zero-order valence-electron chi connectivity index (χ0n) is 42.3. The summed E-state index contributed by atoms with van der Waals surface area (Å²) in [6.45, 7) is 6.78. The number of carbonyl (C=O) groups is 3. The molecular weight excluding hydrogens is 841 g/mol. The van der Waals surface area contributed by atoms with Crippen LogP contribution in [0.1, 0.15) is 290 Å². The highest BCUT2D eigenvalue weighted by Gasteiger charge is 1.98. The Balaban J connectivity index is -0.000000407. The first-order chi connectivity index (χ1) is 31.3. The van der Waals surface area contributed by atoms with E-state index in [1.54, 1.807) is 0 Å². The lowest BCUT2D eigenvalue weighted by Crippen LogP contribution is -1.93. The summed E-state index contributed by atoms with van der Waals surface area (Å²) in [7, 11) is -4.67. The Labute approximate surface area is 401 Å². The van der Waals surface area contributed by atoms with Crippen molar-refractivity contribution < 1.29 is 47.2 Å². The van der Waals surface area contributed by atoms with E-state index in [1.807, 2.05) is 0 Å². The SMILES string of the molecule is CCCCCCCCC=CCCCCCCCC(=O)O.CCCCCCCCC=CCCCCCCCC(=O)O.CCCCCCCCC=CCCCCCCCC(=O)O.O=S(=O)(O)O. The topological polar surface area (TPSA) is 186 Å². The third-order valence-corrected chi connectivity index (χ3v) is 11.0. The predicted molar refractivity (Wildman–Crippen MR) is 275 cm³/mol. The fourth-order valence-electron chi connectivity index (χ4n) is 7.04. The molecule has 65 heavy (non-hydrogen) atoms. The van der Waals surface area contributed by atoms with Gasteiger partial charge in [0.25, 0.3) is 0 Å². The van der Waals surface area contributed by atoms with Crippen LogP contribution in [0.3, 0.4) is 0 Å². The van der Waals surface area contributed by atoms with Crippen molar-refractivity contribution in [3.63, 3.8) is 0 Å². The van der Waals surface area contributed by atoms with E-state index in [9.17, 15) is 14.4 Å². The Hall–Kier alpha value is -2.50. The maximum absolute atomic E-state index is 10.3. The van der Waals surface area contributed by atoms with Crippen LogP contribution < -0.4 is 0 Å². The highest BCUT2D eigenvalue weighted by Crippen LogP contribution is 2.13. The molecule has 0 amide bonds. The molecule has 386 valence electrons. The predicted octanol–water partition coefficient (Wildman–Crippen LogP) is 17.7. The van der Waals surface area contributed by atoms with Crippen molar-refractivity contribution in [2.24, 2.45) is 0 Å². The van der Waals surface area contributed by atoms with Gasteiger partial charge in [-0.1, -0.05) is 211 Å². The lowest BCUT2D eigenvalue weighted by atomic mass is 10.1. The molecule has 0 aliphatic rings. The van der Waals surface area contributed by atoms with Gasteiger partial charge in [-0.25, -0.2) is 0 Å². The highest BCUT2D eigenvalue weighted by atomic mass is 32.3. The smallest absolute Gasteiger partial charge is 0.394 e. The van der Waals surface area contributed by atoms with Gasteiger partial charge in [0, 0.05) is 19.3 Å². The summed E-state index contributed by atoms with van der Waals surface area (Å²) in [6.07, 6.45) is 63.7. The first-order valence-electron chi connectivity index (χ1n) is 26.6. The van der Waals surface area contributed by atoms with E-state index < -0.39 is 28.3 Å². The lowest BCUT2D eigenvalue weighted by molar-refractivity contribution is -0.138. The van der Waals surface area contributed by atoms with E-state index in [2.05, 4.69) is 57.2 Å². The molecule has 5 N–H and O–H groups in total. The van der Waals surface area contributed by atoms with Crippen LogP contribution >= 0.6 is 0 Å². The van der Waals surface area contributed by atoms with E-state index in [1.165, 1.54) is 212 Å². The van der Waals surface area contributed by atoms with Gasteiger partial charge in [0.1, 0.15) is 0 Å². The van der Waals surface area contributed by atoms with Gasteiger partial charge in [0.15, 0.2) is 0 Å². The number of hydrogen-bond acceptors (Lipinski definition) is 5. The molecule has 0 rings (SSSR count). The summed E-state index contributed by atoms with van der Waals surface area (Å²) in [4.78, 5) is 31.0. The molecule has 0 heterocycles. The number of unbranched alkanes of at least 4 members (excludes halogenated alkanes) is 33. The molecule has 0 aliphatic heterocycles. The number of rotatable bonds is 45. The van der Waals surface area contributed by atoms with Crippen LogP contribution in [0.4, 0.5) is 0 Å². The monoisotopic (exact) mass is 945 g/mol. The van der Waals surface area contributed by atoms with Gasteiger partial charge in [0.2, 0.25) is 0 Å². The van der Waals surface area contributed by atoms with Gasteiger partial charge in [-0.15, -0.1) is 0 Å². The van der Waals surface area contributed by atoms with Gasteiger partial charge >= 0.3 is 28.3 Å². The van der Waals surface area contributed by atoms with Crippen LogP contribution in [0.5, 0.6) is 0 Å². The highest BCUT2D eigenvalue weighted by molar-refractivity contribution is 7.79. The molecule has 0 aromatic heterocycles. The molecule has 0 aromatic carbocycles. The molecule has 0 spiro atoms. The molecule has 0 saturated carbocycles. The number of hydrogen-bond donors (Lipinski definition) is 5. The molecular formula is C54H104O10S. The molecule has 0 bridgehead atoms. The Bertz CT molecular complexity index is 1040. The number of aliphatic carboxylic acids is 3. The Morgan fingerprint density at radius 3 is 0.585 bits per heavy atom. The largest absolute Gasteiger partial charge is 0.481 e. The number of allylic oxidation sites excluding steroid dienone is 6. The second kappa shape index (κ2) is 61.5. The molecule has 0 unspecified atom stereocenters. The molecule has 0 aromatic rings. The number of carboxylic acid groups (broad SMARTS) is 3. The molecule has 0 aliphatic carbocycles. The van der Waals surface area contributed by atoms with Crippen molar-refractivity contribution in [2.75, 3.05) is 0 Å². The summed E-state index contributed by atoms with van der Waals surface area (Å²) < 4.78 is 31.6. The summed E-state index contributed by atoms with van der Waals surface area (Å²) >= 11 is 0. The van der Waals surface area contributed by atoms with Gasteiger partial charge in [-0.3, -0.25) is 23.5 Å². The van der Waals surface area contributed by atoms with E-state index in [-0.39, 0.29) is 0 Å². The zero-order valence-corrected chi connectivity index (χ0v) is 43.2. The van der Waals surface area contributed by atoms with Gasteiger partial charge in [0.05, 0.1) is 0 Å². The fourth-order valence-corrected chi connectivity index (χ4v) is 7.04. The second-order valence-corrected chi connectivity index (χ2v) is 18.5. The summed E-state index contributed by atoms with van der Waals surface area (Å²) in [5.41, 5.74) is 0. The van der Waals surface area contributed by atoms with Crippen LogP contribution in [0.25, 0.3) is 0 Å². The Morgan fingerprint density at radius 2 is 0.431 bits per heavy atom. The van der Waals surface area contributed by atoms with Crippen molar-refractivity contribution >= 4 is 28.3 Å². The summed E-state index contributed by atoms with van der Waals surface area (Å²) in [5, 5.41) is 25.5. The van der Waals surface area contributed by atoms with Crippen molar-refractivity contribution in [1.82, 2.24) is 0 Å². The maximum Gasteiger partial charge on any atom is 0.394 e. The van der Waals surface area contributed by atoms with Crippen LogP contribution in [0.2, 0.25) is 0 Å². The van der Waals surface area contributed by atoms with Crippen molar-refractivity contribution in [2.45, 2.75) is 290 Å². The third-order valence-electron chi connectivity index (χ3n) is 11.0. The van der Waals surface area contributed by atoms with Crippen LogP contribution in [-0.4, -0.2) is 50.8 Å². The maximum atomic E-state index is 10.3. The molecule has 10 nitrogen and oxygen atoms in total. The lowest BCUT2D eigenvalue weighted by Gasteiger charge is -1.99. The Kier molecular flexibility index (Phi) is 65.4. The minimum absolute atomic E-state index is 0.332. The van der Waals surface area contributed by atoms with E-state index in [4.69, 9.17) is 32.8 Å². The van der Waals surface area contributed by atoms with Gasteiger partial charge in [-0.05, 0) is 96.3 Å². The standard InChI is InChI=1S/3C18H34O2.H2O4S/c3*1-2-3-4-5-6-7-8-9-10-11-12-13-14-15-16-17-18(19)20;1-5(2,3)4/h3*9-10H,2-8,11-17H2,1H3,(H,19,20);(H2,1,2,3,4). The first kappa shape index (κ1) is 69.1. The molecule has 0 saturated heterocycles. The normalized spacial score (nSPS) is 11.3. The minimum Gasteiger partial charge on any atom is -0.481 e. The second-order valence-electron chi connectivity index (χ2n) is 17.6. The minimum atomic E-state index is -4.67. The van der Waals surface area contributed by atoms with Gasteiger partial charge < -0.3 is 15.3 Å². The molecule has 0 radical (unpaired) electrons. The summed E-state index contributed by atoms with van der Waals surface area (Å²) in [5.74, 6) is -1.99. The van der Waals surface area contributed by atoms with E-state index in [0.29, 0.717) is 19.3 Å². The first-order valence-corrected chi connectivity index (χ1v) is 28.0. The molecule has 0 atom stereocenters. The molecule has 0 fully saturated rings. The average Bonchev–Trinajstić information content (AvgIpc) is 3.24. The van der Waals surface area contributed by atoms with E-state index >= 15 is 0 Å². The fraction of sp³-hybridized carbons (Fsp3) is 0.833. The van der Waals surface area contributed by atoms with Crippen LogP contribution in [-0.2, 0) is 24.8 Å². The quantitative estimate of drug-likeness (QED) is 0.0223. The van der Waals surface area contributed by atoms with Crippen LogP contribution in [0, 0.1) is 0 Å². The average molecular weight is 945 g/mol. The third kappa shape index (κ3) is 92.6. The molecule has 11 heteroatoms. The van der Waals surface area contributed by atoms with Crippen molar-refractivity contribution in [1.29, 1.82) is 0 Å². The zero-order chi connectivity index (χ0) is 49.2. The number of carboxylic acids is 3. The Morgan fingerprint density at radius 1 is 0.292 bits per heavy atom. The van der Waals surface area contributed by atoms with Crippen molar-refractivity contribution in [3.8, 4) is 0 Å². The van der Waals surface area contributed by atoms with Crippen LogP contribution in [0.15, 0.2) is 36.5 Å². The summed E-state index contributed by atoms with van der Waals surface area (Å²) in [6, 6.07) is 0. The van der Waals surface area contributed by atoms with Gasteiger partial charge in [-0.2, -0.15) is 8.42 Å².